The van der Waals surface area contributed by atoms with Gasteiger partial charge >= 0.3 is 0 Å². The summed E-state index contributed by atoms with van der Waals surface area (Å²) in [5, 5.41) is 15.0. The minimum Gasteiger partial charge on any atom is -0.392 e. The molecule has 0 fully saturated rings. The van der Waals surface area contributed by atoms with Crippen molar-refractivity contribution < 1.29 is 14.4 Å². The van der Waals surface area contributed by atoms with E-state index in [0.717, 1.165) is 0 Å². The second-order valence-corrected chi connectivity index (χ2v) is 3.25. The summed E-state index contributed by atoms with van der Waals surface area (Å²) in [5.41, 5.74) is 5.52. The van der Waals surface area contributed by atoms with Gasteiger partial charge in [-0.05, 0) is 6.92 Å². The van der Waals surface area contributed by atoms with Gasteiger partial charge in [0.05, 0.1) is 6.10 Å². The highest BCUT2D eigenvalue weighted by molar-refractivity contribution is 5.90. The third-order valence-corrected chi connectivity index (χ3v) is 1.85. The van der Waals surface area contributed by atoms with Crippen molar-refractivity contribution in [3.8, 4) is 0 Å². The van der Waals surface area contributed by atoms with Crippen LogP contribution < -0.4 is 11.1 Å². The first-order valence-electron chi connectivity index (χ1n) is 4.53. The fourth-order valence-corrected chi connectivity index (χ4v) is 0.852. The van der Waals surface area contributed by atoms with Crippen LogP contribution >= 0.6 is 0 Å². The maximum atomic E-state index is 11.4. The number of aryl methyl sites for hydroxylation is 1. The summed E-state index contributed by atoms with van der Waals surface area (Å²) in [6.07, 6.45) is -0.683. The Hall–Kier alpha value is -1.47. The molecule has 1 rings (SSSR count). The average Bonchev–Trinajstić information content (AvgIpc) is 2.60. The van der Waals surface area contributed by atoms with Crippen LogP contribution in [-0.2, 0) is 0 Å². The van der Waals surface area contributed by atoms with Gasteiger partial charge in [0.1, 0.15) is 0 Å². The van der Waals surface area contributed by atoms with Crippen molar-refractivity contribution in [2.45, 2.75) is 26.0 Å². The van der Waals surface area contributed by atoms with E-state index in [1.165, 1.54) is 0 Å². The molecule has 4 N–H and O–H groups in total. The van der Waals surface area contributed by atoms with Crippen molar-refractivity contribution in [1.82, 2.24) is 15.5 Å². The van der Waals surface area contributed by atoms with E-state index in [1.807, 2.05) is 0 Å². The van der Waals surface area contributed by atoms with Gasteiger partial charge in [-0.1, -0.05) is 5.16 Å². The van der Waals surface area contributed by atoms with Crippen molar-refractivity contribution in [2.24, 2.45) is 5.73 Å². The van der Waals surface area contributed by atoms with Crippen molar-refractivity contribution in [3.05, 3.63) is 11.7 Å². The number of carbonyl (C=O) groups excluding carboxylic acids is 1. The van der Waals surface area contributed by atoms with Gasteiger partial charge in [0, 0.05) is 19.5 Å². The van der Waals surface area contributed by atoms with E-state index < -0.39 is 18.1 Å². The summed E-state index contributed by atoms with van der Waals surface area (Å²) in [5.74, 6) is -0.187. The molecule has 7 heteroatoms. The van der Waals surface area contributed by atoms with Crippen molar-refractivity contribution in [1.29, 1.82) is 0 Å². The van der Waals surface area contributed by atoms with Gasteiger partial charge in [0.2, 0.25) is 5.89 Å². The molecule has 0 radical (unpaired) electrons. The van der Waals surface area contributed by atoms with Gasteiger partial charge in [-0.15, -0.1) is 0 Å². The molecule has 1 aromatic rings. The number of nitrogens with two attached hydrogens (primary N) is 1. The molecule has 84 valence electrons. The molecule has 0 aliphatic rings. The minimum absolute atomic E-state index is 0.0368. The molecule has 2 atom stereocenters. The second kappa shape index (κ2) is 4.85. The van der Waals surface area contributed by atoms with Crippen LogP contribution in [-0.4, -0.2) is 39.8 Å². The Labute approximate surface area is 86.7 Å². The second-order valence-electron chi connectivity index (χ2n) is 3.25. The third kappa shape index (κ3) is 3.30. The first-order valence-corrected chi connectivity index (χ1v) is 4.53. The van der Waals surface area contributed by atoms with E-state index in [2.05, 4.69) is 20.0 Å². The van der Waals surface area contributed by atoms with Crippen LogP contribution in [0.3, 0.4) is 0 Å². The van der Waals surface area contributed by atoms with Crippen molar-refractivity contribution in [3.63, 3.8) is 0 Å². The van der Waals surface area contributed by atoms with Gasteiger partial charge in [0.25, 0.3) is 11.7 Å². The smallest absolute Gasteiger partial charge is 0.292 e. The molecule has 0 saturated heterocycles. The number of rotatable bonds is 4. The van der Waals surface area contributed by atoms with Crippen LogP contribution in [0.4, 0.5) is 0 Å². The minimum atomic E-state index is -0.683. The zero-order chi connectivity index (χ0) is 11.4. The molecule has 0 aliphatic heterocycles. The zero-order valence-electron chi connectivity index (χ0n) is 8.60. The predicted octanol–water partition coefficient (Wildman–Crippen LogP) is -1.18. The van der Waals surface area contributed by atoms with Gasteiger partial charge in [-0.2, -0.15) is 4.98 Å². The average molecular weight is 214 g/mol. The van der Waals surface area contributed by atoms with E-state index in [1.54, 1.807) is 13.8 Å². The number of hydrogen-bond acceptors (Lipinski definition) is 6. The molecule has 0 bridgehead atoms. The lowest BCUT2D eigenvalue weighted by Crippen LogP contribution is -2.43. The van der Waals surface area contributed by atoms with Gasteiger partial charge in [-0.25, -0.2) is 0 Å². The lowest BCUT2D eigenvalue weighted by Gasteiger charge is -2.14. The maximum absolute atomic E-state index is 11.4. The monoisotopic (exact) mass is 214 g/mol. The van der Waals surface area contributed by atoms with Crippen LogP contribution in [0.5, 0.6) is 0 Å². The number of amides is 1. The lowest BCUT2D eigenvalue weighted by atomic mass is 10.2. The summed E-state index contributed by atoms with van der Waals surface area (Å²) in [4.78, 5) is 15.1. The normalized spacial score (nSPS) is 14.7. The summed E-state index contributed by atoms with van der Waals surface area (Å²) in [7, 11) is 0. The number of aliphatic hydroxyl groups is 1. The van der Waals surface area contributed by atoms with E-state index in [0.29, 0.717) is 5.89 Å². The maximum Gasteiger partial charge on any atom is 0.292 e. The first-order chi connectivity index (χ1) is 7.00. The Morgan fingerprint density at radius 2 is 2.40 bits per heavy atom. The number of aliphatic hydroxyl groups excluding tert-OH is 1. The molecule has 0 aliphatic carbocycles. The summed E-state index contributed by atoms with van der Waals surface area (Å²) < 4.78 is 4.64. The summed E-state index contributed by atoms with van der Waals surface area (Å²) >= 11 is 0. The molecular weight excluding hydrogens is 200 g/mol. The van der Waals surface area contributed by atoms with Crippen LogP contribution in [0.25, 0.3) is 0 Å². The SMILES string of the molecule is Cc1nc(C(=O)NCC(N)C(C)O)no1. The Morgan fingerprint density at radius 1 is 1.73 bits per heavy atom. The van der Waals surface area contributed by atoms with Crippen LogP contribution in [0, 0.1) is 6.92 Å². The first kappa shape index (κ1) is 11.6. The number of aromatic nitrogens is 2. The fraction of sp³-hybridized carbons (Fsp3) is 0.625. The Balaban J connectivity index is 2.43. The lowest BCUT2D eigenvalue weighted by molar-refractivity contribution is 0.0924. The van der Waals surface area contributed by atoms with Gasteiger partial charge in [0.15, 0.2) is 0 Å². The van der Waals surface area contributed by atoms with E-state index in [9.17, 15) is 4.79 Å². The van der Waals surface area contributed by atoms with Gasteiger partial charge < -0.3 is 20.7 Å². The molecule has 1 heterocycles. The van der Waals surface area contributed by atoms with Gasteiger partial charge in [-0.3, -0.25) is 4.79 Å². The predicted molar refractivity (Wildman–Crippen MR) is 51.0 cm³/mol. The Morgan fingerprint density at radius 3 is 2.87 bits per heavy atom. The van der Waals surface area contributed by atoms with E-state index in [-0.39, 0.29) is 12.4 Å². The standard InChI is InChI=1S/C8H14N4O3/c1-4(13)6(9)3-10-8(14)7-11-5(2)15-12-7/h4,6,13H,3,9H2,1-2H3,(H,10,14). The number of carbonyl (C=O) groups is 1. The Kier molecular flexibility index (Phi) is 3.75. The third-order valence-electron chi connectivity index (χ3n) is 1.85. The molecule has 7 nitrogen and oxygen atoms in total. The Bertz CT molecular complexity index is 336. The van der Waals surface area contributed by atoms with E-state index >= 15 is 0 Å². The number of nitrogens with one attached hydrogen (secondary N) is 1. The largest absolute Gasteiger partial charge is 0.392 e. The summed E-state index contributed by atoms with van der Waals surface area (Å²) in [6.45, 7) is 3.30. The number of hydrogen-bond donors (Lipinski definition) is 3. The molecule has 0 aromatic carbocycles. The van der Waals surface area contributed by atoms with Crippen LogP contribution in [0.2, 0.25) is 0 Å². The topological polar surface area (TPSA) is 114 Å². The molecule has 0 saturated carbocycles. The van der Waals surface area contributed by atoms with Crippen molar-refractivity contribution in [2.75, 3.05) is 6.54 Å². The van der Waals surface area contributed by atoms with Crippen LogP contribution in [0.15, 0.2) is 4.52 Å². The molecule has 15 heavy (non-hydrogen) atoms. The fourth-order valence-electron chi connectivity index (χ4n) is 0.852. The highest BCUT2D eigenvalue weighted by Crippen LogP contribution is 1.94. The van der Waals surface area contributed by atoms with Crippen LogP contribution in [0.1, 0.15) is 23.4 Å². The zero-order valence-corrected chi connectivity index (χ0v) is 8.60. The molecule has 2 unspecified atom stereocenters. The van der Waals surface area contributed by atoms with Crippen molar-refractivity contribution >= 4 is 5.91 Å². The number of nitrogens with zero attached hydrogens (tertiary/aromatic N) is 2. The molecule has 1 aromatic heterocycles. The van der Waals surface area contributed by atoms with E-state index in [4.69, 9.17) is 10.8 Å². The molecule has 0 spiro atoms. The summed E-state index contributed by atoms with van der Waals surface area (Å²) in [6, 6.07) is -0.512. The molecular formula is C8H14N4O3. The molecule has 1 amide bonds. The quantitative estimate of drug-likeness (QED) is 0.581. The highest BCUT2D eigenvalue weighted by Gasteiger charge is 2.15. The highest BCUT2D eigenvalue weighted by atomic mass is 16.5.